The van der Waals surface area contributed by atoms with Crippen LogP contribution in [0, 0.1) is 12.8 Å². The van der Waals surface area contributed by atoms with Crippen molar-refractivity contribution >= 4 is 22.9 Å². The van der Waals surface area contributed by atoms with Crippen LogP contribution < -0.4 is 11.1 Å². The van der Waals surface area contributed by atoms with Crippen LogP contribution >= 0.6 is 11.3 Å². The Morgan fingerprint density at radius 3 is 2.75 bits per heavy atom. The first-order chi connectivity index (χ1) is 7.58. The summed E-state index contributed by atoms with van der Waals surface area (Å²) < 4.78 is 0. The van der Waals surface area contributed by atoms with Gasteiger partial charge in [0.1, 0.15) is 0 Å². The van der Waals surface area contributed by atoms with Crippen molar-refractivity contribution in [2.24, 2.45) is 5.92 Å². The highest BCUT2D eigenvalue weighted by Gasteiger charge is 2.25. The number of nitrogens with one attached hydrogen (secondary N) is 1. The smallest absolute Gasteiger partial charge is 0.261 e. The number of nitrogens with two attached hydrogens (primary N) is 1. The quantitative estimate of drug-likeness (QED) is 0.850. The molecule has 1 heterocycles. The van der Waals surface area contributed by atoms with E-state index in [1.807, 2.05) is 6.92 Å². The predicted octanol–water partition coefficient (Wildman–Crippen LogP) is 2.56. The molecular formula is C12H18N2OS. The maximum atomic E-state index is 11.9. The molecule has 1 amide bonds. The van der Waals surface area contributed by atoms with Gasteiger partial charge in [0.2, 0.25) is 0 Å². The Kier molecular flexibility index (Phi) is 3.19. The highest BCUT2D eigenvalue weighted by Crippen LogP contribution is 2.30. The molecule has 0 aromatic carbocycles. The third-order valence-corrected chi connectivity index (χ3v) is 4.46. The molecule has 1 aliphatic carbocycles. The van der Waals surface area contributed by atoms with E-state index in [1.54, 1.807) is 6.07 Å². The van der Waals surface area contributed by atoms with Crippen LogP contribution in [-0.2, 0) is 0 Å². The molecule has 1 fully saturated rings. The van der Waals surface area contributed by atoms with Gasteiger partial charge in [0.05, 0.1) is 4.88 Å². The predicted molar refractivity (Wildman–Crippen MR) is 67.7 cm³/mol. The fraction of sp³-hybridized carbons (Fsp3) is 0.583. The lowest BCUT2D eigenvalue weighted by atomic mass is 9.80. The van der Waals surface area contributed by atoms with E-state index in [0.717, 1.165) is 9.75 Å². The molecule has 4 heteroatoms. The van der Waals surface area contributed by atoms with Gasteiger partial charge in [-0.05, 0) is 38.7 Å². The van der Waals surface area contributed by atoms with Crippen molar-refractivity contribution in [2.75, 3.05) is 5.73 Å². The zero-order valence-corrected chi connectivity index (χ0v) is 10.6. The minimum atomic E-state index is 0.0178. The molecule has 1 atom stereocenters. The molecule has 0 bridgehead atoms. The van der Waals surface area contributed by atoms with Crippen molar-refractivity contribution in [1.82, 2.24) is 5.32 Å². The van der Waals surface area contributed by atoms with Gasteiger partial charge in [0, 0.05) is 16.6 Å². The molecule has 2 rings (SSSR count). The van der Waals surface area contributed by atoms with Gasteiger partial charge in [0.25, 0.3) is 5.91 Å². The van der Waals surface area contributed by atoms with Gasteiger partial charge in [-0.25, -0.2) is 0 Å². The molecule has 1 aliphatic rings. The summed E-state index contributed by atoms with van der Waals surface area (Å²) in [4.78, 5) is 13.6. The lowest BCUT2D eigenvalue weighted by Gasteiger charge is -2.31. The molecule has 0 aliphatic heterocycles. The molecule has 0 saturated heterocycles. The first kappa shape index (κ1) is 11.5. The first-order valence-corrected chi connectivity index (χ1v) is 6.56. The maximum absolute atomic E-state index is 11.9. The van der Waals surface area contributed by atoms with Gasteiger partial charge in [0.15, 0.2) is 0 Å². The van der Waals surface area contributed by atoms with Crippen molar-refractivity contribution in [3.05, 3.63) is 15.8 Å². The Morgan fingerprint density at radius 2 is 2.31 bits per heavy atom. The van der Waals surface area contributed by atoms with Gasteiger partial charge < -0.3 is 11.1 Å². The molecule has 1 aromatic rings. The van der Waals surface area contributed by atoms with Crippen LogP contribution in [0.5, 0.6) is 0 Å². The standard InChI is InChI=1S/C12H18N2OS/c1-7(9-4-3-5-9)14-12(15)11-6-10(13)8(2)16-11/h6-7,9H,3-5,13H2,1-2H3,(H,14,15). The normalized spacial score (nSPS) is 17.9. The Morgan fingerprint density at radius 1 is 1.62 bits per heavy atom. The summed E-state index contributed by atoms with van der Waals surface area (Å²) in [5.41, 5.74) is 6.45. The summed E-state index contributed by atoms with van der Waals surface area (Å²) in [7, 11) is 0. The summed E-state index contributed by atoms with van der Waals surface area (Å²) in [5, 5.41) is 3.05. The van der Waals surface area contributed by atoms with Gasteiger partial charge in [-0.2, -0.15) is 0 Å². The van der Waals surface area contributed by atoms with Crippen molar-refractivity contribution in [3.63, 3.8) is 0 Å². The summed E-state index contributed by atoms with van der Waals surface area (Å²) in [6.45, 7) is 4.03. The molecule has 0 radical (unpaired) electrons. The van der Waals surface area contributed by atoms with Crippen LogP contribution in [0.3, 0.4) is 0 Å². The van der Waals surface area contributed by atoms with Gasteiger partial charge in [-0.15, -0.1) is 11.3 Å². The zero-order valence-electron chi connectivity index (χ0n) is 9.75. The lowest BCUT2D eigenvalue weighted by Crippen LogP contribution is -2.40. The number of rotatable bonds is 3. The third kappa shape index (κ3) is 2.21. The minimum absolute atomic E-state index is 0.0178. The lowest BCUT2D eigenvalue weighted by molar-refractivity contribution is 0.0913. The van der Waals surface area contributed by atoms with E-state index >= 15 is 0 Å². The summed E-state index contributed by atoms with van der Waals surface area (Å²) in [6.07, 6.45) is 3.79. The summed E-state index contributed by atoms with van der Waals surface area (Å²) in [6, 6.07) is 2.05. The molecule has 16 heavy (non-hydrogen) atoms. The third-order valence-electron chi connectivity index (χ3n) is 3.40. The van der Waals surface area contributed by atoms with Crippen LogP contribution in [0.1, 0.15) is 40.7 Å². The number of hydrogen-bond acceptors (Lipinski definition) is 3. The molecule has 3 N–H and O–H groups in total. The monoisotopic (exact) mass is 238 g/mol. The van der Waals surface area contributed by atoms with Crippen molar-refractivity contribution in [3.8, 4) is 0 Å². The van der Waals surface area contributed by atoms with Crippen molar-refractivity contribution < 1.29 is 4.79 Å². The second kappa shape index (κ2) is 4.45. The Labute approximate surface area is 100 Å². The fourth-order valence-corrected chi connectivity index (χ4v) is 2.79. The Balaban J connectivity index is 1.96. The Bertz CT molecular complexity index is 376. The van der Waals surface area contributed by atoms with Crippen molar-refractivity contribution in [1.29, 1.82) is 0 Å². The molecule has 3 nitrogen and oxygen atoms in total. The number of amides is 1. The van der Waals surface area contributed by atoms with Gasteiger partial charge >= 0.3 is 0 Å². The second-order valence-electron chi connectivity index (χ2n) is 4.58. The number of thiophene rings is 1. The Hall–Kier alpha value is -1.03. The topological polar surface area (TPSA) is 55.1 Å². The molecular weight excluding hydrogens is 220 g/mol. The van der Waals surface area contributed by atoms with Crippen molar-refractivity contribution in [2.45, 2.75) is 39.2 Å². The van der Waals surface area contributed by atoms with E-state index in [9.17, 15) is 4.79 Å². The minimum Gasteiger partial charge on any atom is -0.398 e. The molecule has 1 unspecified atom stereocenters. The number of hydrogen-bond donors (Lipinski definition) is 2. The van der Waals surface area contributed by atoms with E-state index in [1.165, 1.54) is 30.6 Å². The number of carbonyl (C=O) groups is 1. The summed E-state index contributed by atoms with van der Waals surface area (Å²) >= 11 is 1.46. The fourth-order valence-electron chi connectivity index (χ4n) is 1.94. The average Bonchev–Trinajstić information content (AvgIpc) is 2.43. The molecule has 0 spiro atoms. The van der Waals surface area contributed by atoms with Gasteiger partial charge in [-0.1, -0.05) is 6.42 Å². The SMILES string of the molecule is Cc1sc(C(=O)NC(C)C2CCC2)cc1N. The highest BCUT2D eigenvalue weighted by molar-refractivity contribution is 7.14. The van der Waals surface area contributed by atoms with Gasteiger partial charge in [-0.3, -0.25) is 4.79 Å². The van der Waals surface area contributed by atoms with E-state index < -0.39 is 0 Å². The van der Waals surface area contributed by atoms with Crippen LogP contribution in [0.25, 0.3) is 0 Å². The first-order valence-electron chi connectivity index (χ1n) is 5.74. The number of carbonyl (C=O) groups excluding carboxylic acids is 1. The molecule has 1 aromatic heterocycles. The van der Waals surface area contributed by atoms with Crippen LogP contribution in [0.15, 0.2) is 6.07 Å². The van der Waals surface area contributed by atoms with Crippen LogP contribution in [0.4, 0.5) is 5.69 Å². The highest BCUT2D eigenvalue weighted by atomic mass is 32.1. The van der Waals surface area contributed by atoms with Crippen LogP contribution in [-0.4, -0.2) is 11.9 Å². The van der Waals surface area contributed by atoms with Crippen LogP contribution in [0.2, 0.25) is 0 Å². The maximum Gasteiger partial charge on any atom is 0.261 e. The second-order valence-corrected chi connectivity index (χ2v) is 5.83. The van der Waals surface area contributed by atoms with E-state index in [-0.39, 0.29) is 11.9 Å². The largest absolute Gasteiger partial charge is 0.398 e. The number of anilines is 1. The molecule has 88 valence electrons. The average molecular weight is 238 g/mol. The molecule has 1 saturated carbocycles. The van der Waals surface area contributed by atoms with E-state index in [2.05, 4.69) is 12.2 Å². The zero-order chi connectivity index (χ0) is 11.7. The number of nitrogen functional groups attached to an aromatic ring is 1. The van der Waals surface area contributed by atoms with E-state index in [0.29, 0.717) is 11.6 Å². The summed E-state index contributed by atoms with van der Waals surface area (Å²) in [5.74, 6) is 0.687. The van der Waals surface area contributed by atoms with E-state index in [4.69, 9.17) is 5.73 Å². The number of aryl methyl sites for hydroxylation is 1.